The molecule has 1 fully saturated rings. The van der Waals surface area contributed by atoms with Crippen molar-refractivity contribution < 1.29 is 4.79 Å². The molecule has 0 bridgehead atoms. The van der Waals surface area contributed by atoms with Crippen LogP contribution in [-0.2, 0) is 0 Å². The fourth-order valence-electron chi connectivity index (χ4n) is 2.82. The van der Waals surface area contributed by atoms with Gasteiger partial charge in [0.1, 0.15) is 0 Å². The lowest BCUT2D eigenvalue weighted by molar-refractivity contribution is 0.0695. The number of carbonyl (C=O) groups is 1. The third-order valence-electron chi connectivity index (χ3n) is 4.10. The molecule has 104 valence electrons. The molecule has 0 aliphatic carbocycles. The van der Waals surface area contributed by atoms with Gasteiger partial charge in [0.2, 0.25) is 0 Å². The van der Waals surface area contributed by atoms with Crippen molar-refractivity contribution in [3.05, 3.63) is 42.1 Å². The van der Waals surface area contributed by atoms with Gasteiger partial charge in [0.25, 0.3) is 5.91 Å². The van der Waals surface area contributed by atoms with E-state index < -0.39 is 0 Å². The largest absolute Gasteiger partial charge is 0.339 e. The molecule has 1 aliphatic rings. The van der Waals surface area contributed by atoms with Crippen molar-refractivity contribution in [2.75, 3.05) is 19.6 Å². The molecule has 0 radical (unpaired) electrons. The number of para-hydroxylation sites is 1. The van der Waals surface area contributed by atoms with Crippen molar-refractivity contribution in [1.29, 1.82) is 0 Å². The highest BCUT2D eigenvalue weighted by molar-refractivity contribution is 6.05. The van der Waals surface area contributed by atoms with Crippen LogP contribution in [0.3, 0.4) is 0 Å². The molecule has 1 amide bonds. The molecule has 1 aromatic heterocycles. The quantitative estimate of drug-likeness (QED) is 0.907. The summed E-state index contributed by atoms with van der Waals surface area (Å²) in [7, 11) is 0. The molecule has 2 N–H and O–H groups in total. The van der Waals surface area contributed by atoms with Crippen LogP contribution in [0.25, 0.3) is 10.9 Å². The van der Waals surface area contributed by atoms with Gasteiger partial charge in [-0.3, -0.25) is 9.78 Å². The lowest BCUT2D eigenvalue weighted by atomic mass is 9.96. The number of hydrogen-bond acceptors (Lipinski definition) is 3. The topological polar surface area (TPSA) is 59.2 Å². The molecule has 2 aromatic rings. The Balaban J connectivity index is 1.86. The van der Waals surface area contributed by atoms with E-state index in [1.165, 1.54) is 0 Å². The first-order chi connectivity index (χ1) is 9.79. The third-order valence-corrected chi connectivity index (χ3v) is 4.10. The first-order valence-electron chi connectivity index (χ1n) is 7.12. The highest BCUT2D eigenvalue weighted by atomic mass is 16.2. The number of piperidine rings is 1. The predicted octanol–water partition coefficient (Wildman–Crippen LogP) is 2.05. The number of likely N-dealkylation sites (tertiary alicyclic amines) is 1. The molecule has 0 spiro atoms. The Labute approximate surface area is 118 Å². The van der Waals surface area contributed by atoms with Crippen LogP contribution in [0.2, 0.25) is 0 Å². The normalized spacial score (nSPS) is 16.6. The molecule has 3 rings (SSSR count). The monoisotopic (exact) mass is 269 g/mol. The van der Waals surface area contributed by atoms with Crippen LogP contribution >= 0.6 is 0 Å². The summed E-state index contributed by atoms with van der Waals surface area (Å²) in [5.41, 5.74) is 7.19. The van der Waals surface area contributed by atoms with Gasteiger partial charge in [0.05, 0.1) is 11.1 Å². The number of aromatic nitrogens is 1. The van der Waals surface area contributed by atoms with Crippen LogP contribution in [0.1, 0.15) is 23.2 Å². The summed E-state index contributed by atoms with van der Waals surface area (Å²) in [4.78, 5) is 19.0. The van der Waals surface area contributed by atoms with Crippen LogP contribution in [0.5, 0.6) is 0 Å². The van der Waals surface area contributed by atoms with Crippen molar-refractivity contribution in [3.8, 4) is 0 Å². The first-order valence-corrected chi connectivity index (χ1v) is 7.12. The highest BCUT2D eigenvalue weighted by Crippen LogP contribution is 2.21. The predicted molar refractivity (Wildman–Crippen MR) is 79.4 cm³/mol. The Morgan fingerprint density at radius 3 is 2.75 bits per heavy atom. The number of rotatable bonds is 2. The van der Waals surface area contributed by atoms with Gasteiger partial charge in [-0.2, -0.15) is 0 Å². The summed E-state index contributed by atoms with van der Waals surface area (Å²) in [5, 5.41) is 1.01. The lowest BCUT2D eigenvalue weighted by Crippen LogP contribution is -2.40. The zero-order valence-electron chi connectivity index (χ0n) is 11.5. The zero-order valence-corrected chi connectivity index (χ0v) is 11.5. The first kappa shape index (κ1) is 13.1. The van der Waals surface area contributed by atoms with E-state index in [-0.39, 0.29) is 5.91 Å². The molecule has 0 atom stereocenters. The van der Waals surface area contributed by atoms with Crippen molar-refractivity contribution >= 4 is 16.8 Å². The molecule has 4 nitrogen and oxygen atoms in total. The summed E-state index contributed by atoms with van der Waals surface area (Å²) in [6.45, 7) is 2.31. The Morgan fingerprint density at radius 2 is 2.00 bits per heavy atom. The third kappa shape index (κ3) is 2.39. The number of amides is 1. The van der Waals surface area contributed by atoms with E-state index in [1.54, 1.807) is 6.20 Å². The molecule has 1 aliphatic heterocycles. The standard InChI is InChI=1S/C16H19N3O/c17-11-12-6-9-19(10-7-12)16(20)14-5-1-3-13-4-2-8-18-15(13)14/h1-5,8,12H,6-7,9-11,17H2. The maximum absolute atomic E-state index is 12.7. The minimum absolute atomic E-state index is 0.0878. The van der Waals surface area contributed by atoms with Crippen molar-refractivity contribution in [2.45, 2.75) is 12.8 Å². The van der Waals surface area contributed by atoms with E-state index >= 15 is 0 Å². The Morgan fingerprint density at radius 1 is 1.25 bits per heavy atom. The van der Waals surface area contributed by atoms with Crippen LogP contribution < -0.4 is 5.73 Å². The second-order valence-electron chi connectivity index (χ2n) is 5.35. The van der Waals surface area contributed by atoms with Crippen LogP contribution in [-0.4, -0.2) is 35.4 Å². The number of fused-ring (bicyclic) bond motifs is 1. The van der Waals surface area contributed by atoms with Gasteiger partial charge >= 0.3 is 0 Å². The SMILES string of the molecule is NCC1CCN(C(=O)c2cccc3cccnc23)CC1. The molecular formula is C16H19N3O. The number of nitrogens with two attached hydrogens (primary N) is 1. The van der Waals surface area contributed by atoms with Gasteiger partial charge in [-0.25, -0.2) is 0 Å². The summed E-state index contributed by atoms with van der Waals surface area (Å²) in [6.07, 6.45) is 3.74. The fourth-order valence-corrected chi connectivity index (χ4v) is 2.82. The fraction of sp³-hybridized carbons (Fsp3) is 0.375. The Hall–Kier alpha value is -1.94. The second kappa shape index (κ2) is 5.59. The number of nitrogens with zero attached hydrogens (tertiary/aromatic N) is 2. The van der Waals surface area contributed by atoms with Gasteiger partial charge in [-0.15, -0.1) is 0 Å². The van der Waals surface area contributed by atoms with Crippen LogP contribution in [0.15, 0.2) is 36.5 Å². The van der Waals surface area contributed by atoms with E-state index in [0.717, 1.165) is 43.4 Å². The van der Waals surface area contributed by atoms with Crippen LogP contribution in [0.4, 0.5) is 0 Å². The minimum Gasteiger partial charge on any atom is -0.339 e. The number of hydrogen-bond donors (Lipinski definition) is 1. The van der Waals surface area contributed by atoms with Gasteiger partial charge in [0, 0.05) is 24.7 Å². The molecule has 0 saturated carbocycles. The molecule has 0 unspecified atom stereocenters. The highest BCUT2D eigenvalue weighted by Gasteiger charge is 2.24. The van der Waals surface area contributed by atoms with E-state index in [2.05, 4.69) is 4.98 Å². The van der Waals surface area contributed by atoms with E-state index in [0.29, 0.717) is 11.5 Å². The van der Waals surface area contributed by atoms with Gasteiger partial charge in [0.15, 0.2) is 0 Å². The molecule has 2 heterocycles. The van der Waals surface area contributed by atoms with Crippen LogP contribution in [0, 0.1) is 5.92 Å². The summed E-state index contributed by atoms with van der Waals surface area (Å²) in [6, 6.07) is 9.65. The molecule has 20 heavy (non-hydrogen) atoms. The average molecular weight is 269 g/mol. The summed E-state index contributed by atoms with van der Waals surface area (Å²) >= 11 is 0. The average Bonchev–Trinajstić information content (AvgIpc) is 2.54. The number of carbonyl (C=O) groups excluding carboxylic acids is 1. The van der Waals surface area contributed by atoms with Gasteiger partial charge in [-0.1, -0.05) is 18.2 Å². The molecule has 1 aromatic carbocycles. The Bertz CT molecular complexity index is 613. The minimum atomic E-state index is 0.0878. The van der Waals surface area contributed by atoms with E-state index in [9.17, 15) is 4.79 Å². The number of benzene rings is 1. The molecule has 1 saturated heterocycles. The smallest absolute Gasteiger partial charge is 0.256 e. The van der Waals surface area contributed by atoms with Gasteiger partial charge in [-0.05, 0) is 37.4 Å². The maximum Gasteiger partial charge on any atom is 0.256 e. The van der Waals surface area contributed by atoms with Crippen molar-refractivity contribution in [2.24, 2.45) is 11.7 Å². The summed E-state index contributed by atoms with van der Waals surface area (Å²) < 4.78 is 0. The molecular weight excluding hydrogens is 250 g/mol. The van der Waals surface area contributed by atoms with E-state index in [1.807, 2.05) is 35.2 Å². The molecule has 4 heteroatoms. The van der Waals surface area contributed by atoms with E-state index in [4.69, 9.17) is 5.73 Å². The summed E-state index contributed by atoms with van der Waals surface area (Å²) in [5.74, 6) is 0.648. The van der Waals surface area contributed by atoms with Crippen molar-refractivity contribution in [3.63, 3.8) is 0 Å². The van der Waals surface area contributed by atoms with Gasteiger partial charge < -0.3 is 10.6 Å². The Kier molecular flexibility index (Phi) is 3.65. The number of pyridine rings is 1. The zero-order chi connectivity index (χ0) is 13.9. The lowest BCUT2D eigenvalue weighted by Gasteiger charge is -2.31. The van der Waals surface area contributed by atoms with Crippen molar-refractivity contribution in [1.82, 2.24) is 9.88 Å². The maximum atomic E-state index is 12.7. The second-order valence-corrected chi connectivity index (χ2v) is 5.35.